The molecule has 0 aliphatic heterocycles. The molecule has 5 nitrogen and oxygen atoms in total. The van der Waals surface area contributed by atoms with E-state index in [0.29, 0.717) is 21.8 Å². The zero-order valence-electron chi connectivity index (χ0n) is 16.3. The minimum absolute atomic E-state index is 0.0909. The summed E-state index contributed by atoms with van der Waals surface area (Å²) < 4.78 is 7.59. The van der Waals surface area contributed by atoms with Crippen LogP contribution in [0.15, 0.2) is 47.6 Å². The van der Waals surface area contributed by atoms with E-state index in [9.17, 15) is 4.79 Å². The predicted octanol–water partition coefficient (Wildman–Crippen LogP) is 5.03. The van der Waals surface area contributed by atoms with Crippen molar-refractivity contribution in [3.05, 3.63) is 70.0 Å². The summed E-state index contributed by atoms with van der Waals surface area (Å²) in [5.41, 5.74) is 2.82. The van der Waals surface area contributed by atoms with Gasteiger partial charge in [-0.05, 0) is 56.7 Å². The Kier molecular flexibility index (Phi) is 6.42. The fourth-order valence-corrected chi connectivity index (χ4v) is 3.71. The molecule has 3 aromatic rings. The number of hydrogen-bond donors (Lipinski definition) is 0. The van der Waals surface area contributed by atoms with Crippen LogP contribution in [0.4, 0.5) is 0 Å². The number of Topliss-reactive ketones (excluding diaryl/α,β-unsaturated/α-hetero) is 1. The van der Waals surface area contributed by atoms with E-state index in [1.165, 1.54) is 11.8 Å². The second-order valence-corrected chi connectivity index (χ2v) is 8.39. The minimum Gasteiger partial charge on any atom is -0.486 e. The van der Waals surface area contributed by atoms with Crippen molar-refractivity contribution in [3.63, 3.8) is 0 Å². The molecule has 1 heterocycles. The van der Waals surface area contributed by atoms with E-state index in [2.05, 4.69) is 10.2 Å². The van der Waals surface area contributed by atoms with Crippen molar-refractivity contribution >= 4 is 29.1 Å². The molecule has 0 aliphatic rings. The second kappa shape index (κ2) is 8.80. The van der Waals surface area contributed by atoms with Crippen molar-refractivity contribution in [2.75, 3.05) is 0 Å². The van der Waals surface area contributed by atoms with Crippen LogP contribution < -0.4 is 4.74 Å². The summed E-state index contributed by atoms with van der Waals surface area (Å²) >= 11 is 7.28. The standard InChI is InChI=1S/C21H22ClN3O2S/c1-13-5-6-14(2)18(11-13)20(26)15(3)28-21-24-23-19(25(21)4)12-27-17-9-7-16(22)8-10-17/h5-11,15H,12H2,1-4H3/t15-/m1/s1. The molecule has 2 aromatic carbocycles. The monoisotopic (exact) mass is 415 g/mol. The number of rotatable bonds is 7. The average molecular weight is 416 g/mol. The van der Waals surface area contributed by atoms with E-state index >= 15 is 0 Å². The predicted molar refractivity (Wildman–Crippen MR) is 112 cm³/mol. The Morgan fingerprint density at radius 1 is 1.18 bits per heavy atom. The Bertz CT molecular complexity index is 986. The first-order valence-electron chi connectivity index (χ1n) is 8.90. The van der Waals surface area contributed by atoms with Gasteiger partial charge in [0.15, 0.2) is 16.8 Å². The summed E-state index contributed by atoms with van der Waals surface area (Å²) in [5, 5.41) is 9.49. The normalized spacial score (nSPS) is 12.0. The van der Waals surface area contributed by atoms with Gasteiger partial charge >= 0.3 is 0 Å². The number of ether oxygens (including phenoxy) is 1. The Labute approximate surface area is 174 Å². The number of aromatic nitrogens is 3. The van der Waals surface area contributed by atoms with Crippen LogP contribution in [0.1, 0.15) is 34.2 Å². The highest BCUT2D eigenvalue weighted by atomic mass is 35.5. The van der Waals surface area contributed by atoms with Gasteiger partial charge in [-0.2, -0.15) is 0 Å². The molecule has 0 radical (unpaired) electrons. The van der Waals surface area contributed by atoms with E-state index in [4.69, 9.17) is 16.3 Å². The van der Waals surface area contributed by atoms with Gasteiger partial charge < -0.3 is 9.30 Å². The van der Waals surface area contributed by atoms with Crippen molar-refractivity contribution in [2.24, 2.45) is 7.05 Å². The van der Waals surface area contributed by atoms with Crippen LogP contribution >= 0.6 is 23.4 Å². The number of benzene rings is 2. The Morgan fingerprint density at radius 2 is 1.89 bits per heavy atom. The first-order chi connectivity index (χ1) is 13.3. The zero-order valence-corrected chi connectivity index (χ0v) is 17.8. The molecule has 0 N–H and O–H groups in total. The van der Waals surface area contributed by atoms with Gasteiger partial charge in [0.25, 0.3) is 0 Å². The molecule has 28 heavy (non-hydrogen) atoms. The third-order valence-corrected chi connectivity index (χ3v) is 5.80. The first kappa shape index (κ1) is 20.4. The Hall–Kier alpha value is -2.31. The summed E-state index contributed by atoms with van der Waals surface area (Å²) in [5.74, 6) is 1.48. The summed E-state index contributed by atoms with van der Waals surface area (Å²) in [6.45, 7) is 6.13. The lowest BCUT2D eigenvalue weighted by Gasteiger charge is -2.12. The molecule has 0 amide bonds. The second-order valence-electron chi connectivity index (χ2n) is 6.64. The maximum absolute atomic E-state index is 12.9. The van der Waals surface area contributed by atoms with Crippen molar-refractivity contribution < 1.29 is 9.53 Å². The van der Waals surface area contributed by atoms with E-state index in [-0.39, 0.29) is 17.6 Å². The molecule has 0 spiro atoms. The number of hydrogen-bond acceptors (Lipinski definition) is 5. The van der Waals surface area contributed by atoms with Crippen LogP contribution in [0, 0.1) is 13.8 Å². The quantitative estimate of drug-likeness (QED) is 0.400. The molecular formula is C21H22ClN3O2S. The number of halogens is 1. The van der Waals surface area contributed by atoms with Crippen molar-refractivity contribution in [2.45, 2.75) is 37.8 Å². The number of ketones is 1. The number of aryl methyl sites for hydroxylation is 2. The topological polar surface area (TPSA) is 57.0 Å². The number of carbonyl (C=O) groups excluding carboxylic acids is 1. The highest BCUT2D eigenvalue weighted by molar-refractivity contribution is 8.00. The van der Waals surface area contributed by atoms with Gasteiger partial charge in [0.05, 0.1) is 5.25 Å². The van der Waals surface area contributed by atoms with Crippen LogP contribution in [0.5, 0.6) is 5.75 Å². The number of thioether (sulfide) groups is 1. The third-order valence-electron chi connectivity index (χ3n) is 4.42. The van der Waals surface area contributed by atoms with Gasteiger partial charge in [-0.15, -0.1) is 10.2 Å². The summed E-state index contributed by atoms with van der Waals surface area (Å²) in [4.78, 5) is 12.9. The number of nitrogens with zero attached hydrogens (tertiary/aromatic N) is 3. The Morgan fingerprint density at radius 3 is 2.61 bits per heavy atom. The van der Waals surface area contributed by atoms with Crippen LogP contribution in [0.3, 0.4) is 0 Å². The largest absolute Gasteiger partial charge is 0.486 e. The van der Waals surface area contributed by atoms with Crippen LogP contribution in [-0.4, -0.2) is 25.8 Å². The van der Waals surface area contributed by atoms with Crippen molar-refractivity contribution in [1.82, 2.24) is 14.8 Å². The highest BCUT2D eigenvalue weighted by Crippen LogP contribution is 2.26. The minimum atomic E-state index is -0.270. The van der Waals surface area contributed by atoms with Gasteiger partial charge in [0, 0.05) is 17.6 Å². The molecule has 1 atom stereocenters. The summed E-state index contributed by atoms with van der Waals surface area (Å²) in [6.07, 6.45) is 0. The molecule has 1 aromatic heterocycles. The SMILES string of the molecule is Cc1ccc(C)c(C(=O)[C@@H](C)Sc2nnc(COc3ccc(Cl)cc3)n2C)c1. The fraction of sp³-hybridized carbons (Fsp3) is 0.286. The summed E-state index contributed by atoms with van der Waals surface area (Å²) in [7, 11) is 1.87. The maximum atomic E-state index is 12.9. The molecule has 0 saturated carbocycles. The van der Waals surface area contributed by atoms with E-state index in [1.54, 1.807) is 24.3 Å². The third kappa shape index (κ3) is 4.75. The van der Waals surface area contributed by atoms with Crippen LogP contribution in [-0.2, 0) is 13.7 Å². The number of carbonyl (C=O) groups is 1. The van der Waals surface area contributed by atoms with E-state index in [0.717, 1.165) is 16.7 Å². The molecule has 0 fully saturated rings. The van der Waals surface area contributed by atoms with E-state index < -0.39 is 0 Å². The Balaban J connectivity index is 1.67. The van der Waals surface area contributed by atoms with Gasteiger partial charge in [0.1, 0.15) is 12.4 Å². The molecule has 3 rings (SSSR count). The molecular weight excluding hydrogens is 394 g/mol. The van der Waals surface area contributed by atoms with Gasteiger partial charge in [0.2, 0.25) is 0 Å². The zero-order chi connectivity index (χ0) is 20.3. The van der Waals surface area contributed by atoms with Crippen LogP contribution in [0.2, 0.25) is 5.02 Å². The molecule has 0 bridgehead atoms. The van der Waals surface area contributed by atoms with Gasteiger partial charge in [-0.1, -0.05) is 41.1 Å². The van der Waals surface area contributed by atoms with Crippen molar-refractivity contribution in [3.8, 4) is 5.75 Å². The van der Waals surface area contributed by atoms with Crippen LogP contribution in [0.25, 0.3) is 0 Å². The lowest BCUT2D eigenvalue weighted by atomic mass is 10.0. The molecule has 0 aliphatic carbocycles. The molecule has 0 unspecified atom stereocenters. The molecule has 0 saturated heterocycles. The van der Waals surface area contributed by atoms with E-state index in [1.807, 2.05) is 50.6 Å². The lowest BCUT2D eigenvalue weighted by Crippen LogP contribution is -2.16. The summed E-state index contributed by atoms with van der Waals surface area (Å²) in [6, 6.07) is 13.1. The maximum Gasteiger partial charge on any atom is 0.191 e. The average Bonchev–Trinajstić information content (AvgIpc) is 3.02. The van der Waals surface area contributed by atoms with Gasteiger partial charge in [-0.25, -0.2) is 0 Å². The lowest BCUT2D eigenvalue weighted by molar-refractivity contribution is 0.0993. The highest BCUT2D eigenvalue weighted by Gasteiger charge is 2.21. The first-order valence-corrected chi connectivity index (χ1v) is 10.2. The van der Waals surface area contributed by atoms with Gasteiger partial charge in [-0.3, -0.25) is 4.79 Å². The molecule has 7 heteroatoms. The fourth-order valence-electron chi connectivity index (χ4n) is 2.68. The van der Waals surface area contributed by atoms with Crippen molar-refractivity contribution in [1.29, 1.82) is 0 Å². The molecule has 146 valence electrons. The smallest absolute Gasteiger partial charge is 0.191 e.